The first-order chi connectivity index (χ1) is 16.2. The van der Waals surface area contributed by atoms with Crippen molar-refractivity contribution in [3.05, 3.63) is 64.1 Å². The zero-order valence-electron chi connectivity index (χ0n) is 18.8. The van der Waals surface area contributed by atoms with E-state index in [4.69, 9.17) is 14.5 Å². The monoisotopic (exact) mass is 477 g/mol. The number of rotatable bonds is 6. The van der Waals surface area contributed by atoms with Crippen LogP contribution in [0.25, 0.3) is 10.2 Å². The predicted octanol–water partition coefficient (Wildman–Crippen LogP) is 5.09. The van der Waals surface area contributed by atoms with Crippen LogP contribution in [0.15, 0.2) is 45.8 Å². The molecule has 1 aromatic carbocycles. The number of hydrogen-bond acceptors (Lipinski definition) is 8. The van der Waals surface area contributed by atoms with Gasteiger partial charge < -0.3 is 9.42 Å². The number of hydrogen-bond donors (Lipinski definition) is 0. The fourth-order valence-corrected chi connectivity index (χ4v) is 6.86. The van der Waals surface area contributed by atoms with Gasteiger partial charge in [-0.25, -0.2) is 9.97 Å². The van der Waals surface area contributed by atoms with Crippen LogP contribution in [0.4, 0.5) is 5.82 Å². The molecular formula is C25H27N5OS2. The van der Waals surface area contributed by atoms with Gasteiger partial charge in [0.25, 0.3) is 0 Å². The van der Waals surface area contributed by atoms with Gasteiger partial charge in [-0.05, 0) is 43.9 Å². The van der Waals surface area contributed by atoms with Gasteiger partial charge in [-0.15, -0.1) is 23.1 Å². The molecule has 3 aromatic heterocycles. The smallest absolute Gasteiger partial charge is 0.150 e. The summed E-state index contributed by atoms with van der Waals surface area (Å²) in [7, 11) is 0. The lowest BCUT2D eigenvalue weighted by Crippen LogP contribution is -2.46. The van der Waals surface area contributed by atoms with Crippen LogP contribution in [0.3, 0.4) is 0 Å². The highest BCUT2D eigenvalue weighted by molar-refractivity contribution is 7.98. The largest absolute Gasteiger partial charge is 0.360 e. The molecule has 0 bridgehead atoms. The number of aryl methyl sites for hydroxylation is 3. The molecule has 170 valence electrons. The summed E-state index contributed by atoms with van der Waals surface area (Å²) in [4.78, 5) is 19.0. The standard InChI is InChI=1S/C25H27N5OS2/c1-17-14-18(31-28-17)15-29-10-12-30(13-11-29)24-23-20-8-5-9-21(20)33-25(23)27-22(26-24)16-32-19-6-3-2-4-7-19/h2-4,6-7,14H,5,8-13,15-16H2,1H3. The van der Waals surface area contributed by atoms with Crippen molar-refractivity contribution in [3.8, 4) is 0 Å². The molecule has 0 atom stereocenters. The Morgan fingerprint density at radius 2 is 1.91 bits per heavy atom. The van der Waals surface area contributed by atoms with E-state index >= 15 is 0 Å². The molecule has 0 unspecified atom stereocenters. The first kappa shape index (κ1) is 21.1. The van der Waals surface area contributed by atoms with Crippen LogP contribution in [0.5, 0.6) is 0 Å². The molecule has 4 aromatic rings. The van der Waals surface area contributed by atoms with Crippen molar-refractivity contribution in [3.63, 3.8) is 0 Å². The van der Waals surface area contributed by atoms with Gasteiger partial charge in [0.05, 0.1) is 23.4 Å². The van der Waals surface area contributed by atoms with E-state index in [-0.39, 0.29) is 0 Å². The molecule has 0 spiro atoms. The van der Waals surface area contributed by atoms with Crippen molar-refractivity contribution in [1.29, 1.82) is 0 Å². The molecular weight excluding hydrogens is 450 g/mol. The number of aromatic nitrogens is 3. The van der Waals surface area contributed by atoms with Gasteiger partial charge in [-0.2, -0.15) is 0 Å². The Morgan fingerprint density at radius 1 is 1.06 bits per heavy atom. The van der Waals surface area contributed by atoms with E-state index in [0.29, 0.717) is 0 Å². The van der Waals surface area contributed by atoms with Crippen LogP contribution in [-0.2, 0) is 25.1 Å². The average Bonchev–Trinajstić information content (AvgIpc) is 3.54. The molecule has 2 aliphatic rings. The minimum absolute atomic E-state index is 0.792. The third-order valence-corrected chi connectivity index (χ3v) is 8.62. The van der Waals surface area contributed by atoms with E-state index < -0.39 is 0 Å². The molecule has 4 heterocycles. The van der Waals surface area contributed by atoms with E-state index in [1.54, 1.807) is 0 Å². The Labute approximate surface area is 202 Å². The van der Waals surface area contributed by atoms with Gasteiger partial charge in [0.15, 0.2) is 5.76 Å². The van der Waals surface area contributed by atoms with Gasteiger partial charge in [-0.1, -0.05) is 23.4 Å². The summed E-state index contributed by atoms with van der Waals surface area (Å²) in [5.41, 5.74) is 2.45. The molecule has 6 nitrogen and oxygen atoms in total. The topological polar surface area (TPSA) is 58.3 Å². The predicted molar refractivity (Wildman–Crippen MR) is 134 cm³/mol. The van der Waals surface area contributed by atoms with Crippen LogP contribution < -0.4 is 4.90 Å². The van der Waals surface area contributed by atoms with Crippen LogP contribution in [0, 0.1) is 6.92 Å². The lowest BCUT2D eigenvalue weighted by atomic mass is 10.1. The molecule has 0 saturated carbocycles. The number of anilines is 1. The second kappa shape index (κ2) is 9.08. The summed E-state index contributed by atoms with van der Waals surface area (Å²) in [6.45, 7) is 6.71. The van der Waals surface area contributed by atoms with Crippen molar-refractivity contribution >= 4 is 39.1 Å². The number of piperazine rings is 1. The highest BCUT2D eigenvalue weighted by Gasteiger charge is 2.27. The SMILES string of the molecule is Cc1cc(CN2CCN(c3nc(CSc4ccccc4)nc4sc5c(c34)CCC5)CC2)on1. The summed E-state index contributed by atoms with van der Waals surface area (Å²) >= 11 is 3.70. The van der Waals surface area contributed by atoms with Crippen LogP contribution >= 0.6 is 23.1 Å². The highest BCUT2D eigenvalue weighted by Crippen LogP contribution is 2.41. The minimum atomic E-state index is 0.792. The summed E-state index contributed by atoms with van der Waals surface area (Å²) in [6.07, 6.45) is 3.61. The summed E-state index contributed by atoms with van der Waals surface area (Å²) < 4.78 is 5.43. The maximum atomic E-state index is 5.43. The molecule has 33 heavy (non-hydrogen) atoms. The van der Waals surface area contributed by atoms with Gasteiger partial charge in [-0.3, -0.25) is 4.90 Å². The van der Waals surface area contributed by atoms with Crippen LogP contribution in [-0.4, -0.2) is 46.2 Å². The van der Waals surface area contributed by atoms with Gasteiger partial charge >= 0.3 is 0 Å². The van der Waals surface area contributed by atoms with Crippen molar-refractivity contribution in [2.45, 2.75) is 43.4 Å². The van der Waals surface area contributed by atoms with E-state index in [9.17, 15) is 0 Å². The first-order valence-corrected chi connectivity index (χ1v) is 13.4. The number of nitrogens with zero attached hydrogens (tertiary/aromatic N) is 5. The molecule has 1 saturated heterocycles. The Hall–Kier alpha value is -2.42. The van der Waals surface area contributed by atoms with Crippen molar-refractivity contribution < 1.29 is 4.52 Å². The summed E-state index contributed by atoms with van der Waals surface area (Å²) in [5.74, 6) is 3.82. The van der Waals surface area contributed by atoms with E-state index in [1.807, 2.05) is 36.1 Å². The highest BCUT2D eigenvalue weighted by atomic mass is 32.2. The fourth-order valence-electron chi connectivity index (χ4n) is 4.81. The molecule has 1 aliphatic carbocycles. The molecule has 6 rings (SSSR count). The quantitative estimate of drug-likeness (QED) is 0.359. The molecule has 1 fully saturated rings. The Bertz CT molecular complexity index is 1260. The third-order valence-electron chi connectivity index (χ3n) is 6.43. The number of benzene rings is 1. The Morgan fingerprint density at radius 3 is 2.70 bits per heavy atom. The molecule has 0 N–H and O–H groups in total. The summed E-state index contributed by atoms with van der Waals surface area (Å²) in [6, 6.07) is 12.6. The average molecular weight is 478 g/mol. The number of fused-ring (bicyclic) bond motifs is 3. The molecule has 0 amide bonds. The second-order valence-electron chi connectivity index (χ2n) is 8.80. The van der Waals surface area contributed by atoms with E-state index in [1.165, 1.54) is 38.4 Å². The maximum Gasteiger partial charge on any atom is 0.150 e. The summed E-state index contributed by atoms with van der Waals surface area (Å²) in [5, 5.41) is 5.34. The minimum Gasteiger partial charge on any atom is -0.360 e. The van der Waals surface area contributed by atoms with Crippen molar-refractivity contribution in [1.82, 2.24) is 20.0 Å². The lowest BCUT2D eigenvalue weighted by molar-refractivity contribution is 0.219. The Kier molecular flexibility index (Phi) is 5.82. The molecule has 0 radical (unpaired) electrons. The van der Waals surface area contributed by atoms with Gasteiger partial charge in [0, 0.05) is 42.0 Å². The van der Waals surface area contributed by atoms with Crippen LogP contribution in [0.1, 0.15) is 34.1 Å². The zero-order valence-corrected chi connectivity index (χ0v) is 20.4. The number of thiophene rings is 1. The van der Waals surface area contributed by atoms with Crippen LogP contribution in [0.2, 0.25) is 0 Å². The normalized spacial score (nSPS) is 16.6. The molecule has 8 heteroatoms. The van der Waals surface area contributed by atoms with Gasteiger partial charge in [0.1, 0.15) is 16.5 Å². The van der Waals surface area contributed by atoms with E-state index in [0.717, 1.165) is 68.0 Å². The fraction of sp³-hybridized carbons (Fsp3) is 0.400. The van der Waals surface area contributed by atoms with Crippen molar-refractivity contribution in [2.24, 2.45) is 0 Å². The Balaban J connectivity index is 1.25. The van der Waals surface area contributed by atoms with Crippen molar-refractivity contribution in [2.75, 3.05) is 31.1 Å². The maximum absolute atomic E-state index is 5.43. The van der Waals surface area contributed by atoms with E-state index in [2.05, 4.69) is 45.3 Å². The van der Waals surface area contributed by atoms with Gasteiger partial charge in [0.2, 0.25) is 0 Å². The third kappa shape index (κ3) is 4.39. The zero-order chi connectivity index (χ0) is 22.2. The lowest BCUT2D eigenvalue weighted by Gasteiger charge is -2.35. The number of thioether (sulfide) groups is 1. The molecule has 1 aliphatic heterocycles. The first-order valence-electron chi connectivity index (χ1n) is 11.6. The second-order valence-corrected chi connectivity index (χ2v) is 10.9.